The molecule has 0 aliphatic carbocycles. The van der Waals surface area contributed by atoms with Crippen molar-refractivity contribution in [3.8, 4) is 0 Å². The van der Waals surface area contributed by atoms with Crippen LogP contribution in [0.3, 0.4) is 0 Å². The molecule has 0 unspecified atom stereocenters. The second kappa shape index (κ2) is 23.6. The molecule has 0 heterocycles. The zero-order valence-electron chi connectivity index (χ0n) is 7.52. The van der Waals surface area contributed by atoms with Crippen LogP contribution in [-0.2, 0) is 23.0 Å². The standard InChI is InChI=1S/C5H10Cl2O2.2Na.S/c6-1-3-8-5-9-4-2-7;;;/h1-5H2;;;/q;2*+1;-2. The summed E-state index contributed by atoms with van der Waals surface area (Å²) < 4.78 is 9.74. The van der Waals surface area contributed by atoms with Crippen molar-refractivity contribution >= 4 is 36.7 Å². The second-order valence-electron chi connectivity index (χ2n) is 1.31. The Morgan fingerprint density at radius 3 is 1.42 bits per heavy atom. The van der Waals surface area contributed by atoms with E-state index in [0.29, 0.717) is 31.8 Å². The summed E-state index contributed by atoms with van der Waals surface area (Å²) in [7, 11) is 0. The number of halogens is 2. The van der Waals surface area contributed by atoms with Gasteiger partial charge in [0.05, 0.1) is 13.2 Å². The van der Waals surface area contributed by atoms with Gasteiger partial charge in [0.15, 0.2) is 0 Å². The van der Waals surface area contributed by atoms with Crippen LogP contribution in [0.2, 0.25) is 0 Å². The van der Waals surface area contributed by atoms with Crippen LogP contribution in [0, 0.1) is 0 Å². The fraction of sp³-hybridized carbons (Fsp3) is 1.00. The Balaban J connectivity index is -0.000000107. The van der Waals surface area contributed by atoms with Gasteiger partial charge in [0.2, 0.25) is 0 Å². The van der Waals surface area contributed by atoms with Gasteiger partial charge in [-0.15, -0.1) is 23.2 Å². The molecular formula is C5H10Cl2Na2O2S. The summed E-state index contributed by atoms with van der Waals surface area (Å²) in [6, 6.07) is 0. The van der Waals surface area contributed by atoms with Gasteiger partial charge in [-0.05, 0) is 0 Å². The van der Waals surface area contributed by atoms with Crippen LogP contribution in [0.15, 0.2) is 0 Å². The third-order valence-electron chi connectivity index (χ3n) is 0.610. The fourth-order valence-electron chi connectivity index (χ4n) is 0.286. The van der Waals surface area contributed by atoms with Gasteiger partial charge in [0.25, 0.3) is 0 Å². The zero-order chi connectivity index (χ0) is 6.95. The first-order valence-corrected chi connectivity index (χ1v) is 3.76. The molecule has 64 valence electrons. The minimum Gasteiger partial charge on any atom is -2.00 e. The van der Waals surface area contributed by atoms with E-state index in [2.05, 4.69) is 0 Å². The Hall–Kier alpha value is 2.85. The second-order valence-corrected chi connectivity index (χ2v) is 2.07. The maximum absolute atomic E-state index is 5.31. The smallest absolute Gasteiger partial charge is 1.00 e. The molecule has 12 heavy (non-hydrogen) atoms. The Kier molecular flexibility index (Phi) is 47.5. The largest absolute Gasteiger partial charge is 2.00 e. The Morgan fingerprint density at radius 1 is 0.833 bits per heavy atom. The van der Waals surface area contributed by atoms with Crippen LogP contribution < -0.4 is 59.1 Å². The summed E-state index contributed by atoms with van der Waals surface area (Å²) in [6.07, 6.45) is 0. The summed E-state index contributed by atoms with van der Waals surface area (Å²) in [4.78, 5) is 0. The molecule has 0 fully saturated rings. The average Bonchev–Trinajstić information content (AvgIpc) is 1.89. The number of ether oxygens (including phenoxy) is 2. The molecule has 0 rings (SSSR count). The van der Waals surface area contributed by atoms with Crippen LogP contribution in [-0.4, -0.2) is 31.8 Å². The monoisotopic (exact) mass is 250 g/mol. The van der Waals surface area contributed by atoms with Gasteiger partial charge in [-0.2, -0.15) is 0 Å². The van der Waals surface area contributed by atoms with E-state index < -0.39 is 0 Å². The Morgan fingerprint density at radius 2 is 1.17 bits per heavy atom. The summed E-state index contributed by atoms with van der Waals surface area (Å²) in [6.45, 7) is 1.35. The van der Waals surface area contributed by atoms with Crippen LogP contribution in [0.5, 0.6) is 0 Å². The molecule has 0 aromatic rings. The van der Waals surface area contributed by atoms with E-state index in [9.17, 15) is 0 Å². The molecule has 7 heteroatoms. The van der Waals surface area contributed by atoms with E-state index in [1.165, 1.54) is 0 Å². The first-order valence-electron chi connectivity index (χ1n) is 2.69. The molecule has 0 saturated carbocycles. The van der Waals surface area contributed by atoms with Gasteiger partial charge in [0, 0.05) is 11.8 Å². The van der Waals surface area contributed by atoms with Crippen LogP contribution in [0.25, 0.3) is 0 Å². The van der Waals surface area contributed by atoms with Crippen molar-refractivity contribution in [2.24, 2.45) is 0 Å². The van der Waals surface area contributed by atoms with E-state index in [1.54, 1.807) is 0 Å². The van der Waals surface area contributed by atoms with Gasteiger partial charge in [-0.3, -0.25) is 0 Å². The number of hydrogen-bond acceptors (Lipinski definition) is 2. The van der Waals surface area contributed by atoms with E-state index >= 15 is 0 Å². The third-order valence-corrected chi connectivity index (χ3v) is 0.918. The molecule has 0 N–H and O–H groups in total. The maximum Gasteiger partial charge on any atom is 1.00 e. The van der Waals surface area contributed by atoms with Crippen molar-refractivity contribution in [3.63, 3.8) is 0 Å². The van der Waals surface area contributed by atoms with Crippen molar-refractivity contribution in [1.82, 2.24) is 0 Å². The van der Waals surface area contributed by atoms with Crippen LogP contribution >= 0.6 is 23.2 Å². The molecule has 0 spiro atoms. The predicted octanol–water partition coefficient (Wildman–Crippen LogP) is -4.54. The maximum atomic E-state index is 5.31. The van der Waals surface area contributed by atoms with E-state index in [0.717, 1.165) is 0 Å². The minimum absolute atomic E-state index is 0. The van der Waals surface area contributed by atoms with Gasteiger partial charge >= 0.3 is 59.1 Å². The van der Waals surface area contributed by atoms with Gasteiger partial charge in [0.1, 0.15) is 6.79 Å². The predicted molar refractivity (Wildman–Crippen MR) is 45.6 cm³/mol. The van der Waals surface area contributed by atoms with Crippen molar-refractivity contribution in [2.45, 2.75) is 0 Å². The van der Waals surface area contributed by atoms with Crippen LogP contribution in [0.4, 0.5) is 0 Å². The molecule has 0 atom stereocenters. The molecule has 0 aliphatic rings. The van der Waals surface area contributed by atoms with Crippen molar-refractivity contribution < 1.29 is 68.6 Å². The molecule has 0 amide bonds. The topological polar surface area (TPSA) is 18.5 Å². The quantitative estimate of drug-likeness (QED) is 0.205. The van der Waals surface area contributed by atoms with E-state index in [4.69, 9.17) is 32.7 Å². The zero-order valence-corrected chi connectivity index (χ0v) is 13.8. The Bertz CT molecular complexity index is 58.7. The summed E-state index contributed by atoms with van der Waals surface area (Å²) >= 11 is 10.6. The normalized spacial score (nSPS) is 7.50. The van der Waals surface area contributed by atoms with Gasteiger partial charge in [-0.25, -0.2) is 0 Å². The van der Waals surface area contributed by atoms with Crippen molar-refractivity contribution in [1.29, 1.82) is 0 Å². The molecule has 0 aromatic carbocycles. The SMILES string of the molecule is ClCCOCOCCCl.[Na+].[Na+].[S-2]. The molecule has 0 bridgehead atoms. The Labute approximate surface area is 135 Å². The first kappa shape index (κ1) is 24.2. The summed E-state index contributed by atoms with van der Waals surface area (Å²) in [5.74, 6) is 1.01. The molecular weight excluding hydrogens is 241 g/mol. The molecule has 0 aromatic heterocycles. The number of hydrogen-bond donors (Lipinski definition) is 0. The summed E-state index contributed by atoms with van der Waals surface area (Å²) in [5, 5.41) is 0. The molecule has 0 aliphatic heterocycles. The number of alkyl halides is 2. The molecule has 0 saturated heterocycles. The third kappa shape index (κ3) is 23.0. The average molecular weight is 251 g/mol. The van der Waals surface area contributed by atoms with E-state index in [1.807, 2.05) is 0 Å². The van der Waals surface area contributed by atoms with E-state index in [-0.39, 0.29) is 72.6 Å². The van der Waals surface area contributed by atoms with Crippen LogP contribution in [0.1, 0.15) is 0 Å². The van der Waals surface area contributed by atoms with Gasteiger partial charge in [-0.1, -0.05) is 0 Å². The van der Waals surface area contributed by atoms with Crippen molar-refractivity contribution in [3.05, 3.63) is 0 Å². The fourth-order valence-corrected chi connectivity index (χ4v) is 0.504. The summed E-state index contributed by atoms with van der Waals surface area (Å²) in [5.41, 5.74) is 0. The van der Waals surface area contributed by atoms with Crippen molar-refractivity contribution in [2.75, 3.05) is 31.8 Å². The minimum atomic E-state index is 0. The van der Waals surface area contributed by atoms with Gasteiger partial charge < -0.3 is 23.0 Å². The first-order chi connectivity index (χ1) is 4.41. The molecule has 2 nitrogen and oxygen atoms in total. The molecule has 0 radical (unpaired) electrons. The number of rotatable bonds is 6.